The summed E-state index contributed by atoms with van der Waals surface area (Å²) >= 11 is 0. The largest absolute Gasteiger partial charge is 0.508 e. The van der Waals surface area contributed by atoms with Crippen LogP contribution in [0.25, 0.3) is 0 Å². The van der Waals surface area contributed by atoms with Gasteiger partial charge in [0.2, 0.25) is 41.3 Å². The Balaban J connectivity index is 1.35. The van der Waals surface area contributed by atoms with Gasteiger partial charge >= 0.3 is 0 Å². The first-order chi connectivity index (χ1) is 27.7. The van der Waals surface area contributed by atoms with Crippen LogP contribution in [0.15, 0.2) is 34.9 Å². The van der Waals surface area contributed by atoms with E-state index in [1.807, 2.05) is 6.92 Å². The summed E-state index contributed by atoms with van der Waals surface area (Å²) in [6.07, 6.45) is 2.67. The number of fused-ring (bicyclic) bond motifs is 5. The van der Waals surface area contributed by atoms with E-state index < -0.39 is 89.8 Å². The minimum atomic E-state index is -1.51. The number of hydrogen-bond donors (Lipinski definition) is 6. The lowest BCUT2D eigenvalue weighted by Gasteiger charge is -2.35. The molecule has 0 spiro atoms. The number of phenols is 1. The van der Waals surface area contributed by atoms with Gasteiger partial charge in [0, 0.05) is 26.1 Å². The van der Waals surface area contributed by atoms with Crippen LogP contribution in [0.2, 0.25) is 0 Å². The fourth-order valence-corrected chi connectivity index (χ4v) is 8.31. The maximum absolute atomic E-state index is 14.3. The highest BCUT2D eigenvalue weighted by molar-refractivity contribution is 5.99. The smallest absolute Gasteiger partial charge is 0.273 e. The van der Waals surface area contributed by atoms with Crippen molar-refractivity contribution in [2.24, 2.45) is 5.92 Å². The standard InChI is InChI=1S/C40H54N8O10/c1-5-21(2)31-40(57)48-18-8-11-30(48)39(56)47-17-7-9-28(47)34(52)41-22(3)37-43-27(20-58-37)33(51)42-26(19-24-12-14-25(50)15-13-24)38(55)46-16-6-10-29(46)35(53)45-32(23(4)49)36(54)44-31/h12-15,20-23,26,28-32,49-50H,5-11,16-19H2,1-4H3,(H,41,52)(H,42,51)(H,44,54)(H,45,53)/t21-,22-,23+,26-,28-,29-,30-,31-,32-/m0/s1. The highest BCUT2D eigenvalue weighted by Crippen LogP contribution is 2.28. The molecule has 0 radical (unpaired) electrons. The zero-order valence-electron chi connectivity index (χ0n) is 33.3. The Hall–Kier alpha value is -5.52. The monoisotopic (exact) mass is 806 g/mol. The molecule has 2 bridgehead atoms. The topological polar surface area (TPSA) is 244 Å². The van der Waals surface area contributed by atoms with Crippen LogP contribution in [-0.4, -0.2) is 133 Å². The van der Waals surface area contributed by atoms with Crippen LogP contribution in [0.4, 0.5) is 0 Å². The number of nitrogens with one attached hydrogen (secondary N) is 4. The van der Waals surface area contributed by atoms with Gasteiger partial charge in [-0.15, -0.1) is 0 Å². The SMILES string of the molecule is CC[C@H](C)[C@@H]1NC(=O)[C@H]([C@@H](C)O)NC(=O)[C@@H]2CCCN2C(=O)[C@H](Cc2ccc(O)cc2)NC(=O)c2coc(n2)[C@H](C)NC(=O)[C@@H]2CCCN2C(=O)[C@@H]2CCCN2C1=O. The van der Waals surface area contributed by atoms with Crippen molar-refractivity contribution in [3.8, 4) is 5.75 Å². The lowest BCUT2D eigenvalue weighted by atomic mass is 9.96. The predicted octanol–water partition coefficient (Wildman–Crippen LogP) is 0.282. The van der Waals surface area contributed by atoms with Crippen molar-refractivity contribution in [1.29, 1.82) is 0 Å². The van der Waals surface area contributed by atoms with Gasteiger partial charge in [0.1, 0.15) is 54.3 Å². The normalized spacial score (nSPS) is 29.1. The Bertz CT molecular complexity index is 1880. The van der Waals surface area contributed by atoms with Crippen LogP contribution < -0.4 is 21.3 Å². The van der Waals surface area contributed by atoms with E-state index in [0.29, 0.717) is 50.6 Å². The van der Waals surface area contributed by atoms with Crippen LogP contribution in [0.1, 0.15) is 101 Å². The van der Waals surface area contributed by atoms with Gasteiger partial charge in [-0.1, -0.05) is 32.4 Å². The second-order valence-corrected chi connectivity index (χ2v) is 15.9. The van der Waals surface area contributed by atoms with E-state index in [2.05, 4.69) is 26.3 Å². The fraction of sp³-hybridized carbons (Fsp3) is 0.600. The molecular weight excluding hydrogens is 752 g/mol. The van der Waals surface area contributed by atoms with Crippen molar-refractivity contribution in [3.05, 3.63) is 47.7 Å². The van der Waals surface area contributed by atoms with Crippen LogP contribution in [0, 0.1) is 5.92 Å². The van der Waals surface area contributed by atoms with Gasteiger partial charge in [-0.25, -0.2) is 4.98 Å². The molecule has 9 atom stereocenters. The van der Waals surface area contributed by atoms with E-state index in [4.69, 9.17) is 4.42 Å². The van der Waals surface area contributed by atoms with Gasteiger partial charge in [-0.3, -0.25) is 33.6 Å². The Morgan fingerprint density at radius 2 is 1.29 bits per heavy atom. The van der Waals surface area contributed by atoms with E-state index in [-0.39, 0.29) is 49.2 Å². The summed E-state index contributed by atoms with van der Waals surface area (Å²) in [5.74, 6) is -4.56. The molecule has 6 N–H and O–H groups in total. The minimum absolute atomic E-state index is 0.00413. The number of aliphatic hydroxyl groups excluding tert-OH is 1. The summed E-state index contributed by atoms with van der Waals surface area (Å²) in [6.45, 7) is 7.31. The second-order valence-electron chi connectivity index (χ2n) is 15.9. The molecule has 5 heterocycles. The summed E-state index contributed by atoms with van der Waals surface area (Å²) < 4.78 is 5.61. The van der Waals surface area contributed by atoms with E-state index in [1.165, 1.54) is 33.8 Å². The van der Waals surface area contributed by atoms with Crippen LogP contribution >= 0.6 is 0 Å². The number of carbonyl (C=O) groups excluding carboxylic acids is 7. The fourth-order valence-electron chi connectivity index (χ4n) is 8.31. The number of phenolic OH excluding ortho intramolecular Hbond substituents is 1. The number of oxazole rings is 1. The van der Waals surface area contributed by atoms with E-state index >= 15 is 0 Å². The maximum atomic E-state index is 14.3. The van der Waals surface area contributed by atoms with E-state index in [0.717, 1.165) is 6.26 Å². The number of carbonyl (C=O) groups is 7. The third-order valence-corrected chi connectivity index (χ3v) is 11.8. The Morgan fingerprint density at radius 1 is 0.741 bits per heavy atom. The van der Waals surface area contributed by atoms with Gasteiger partial charge in [-0.2, -0.15) is 0 Å². The molecule has 4 aliphatic heterocycles. The molecule has 6 rings (SSSR count). The number of aromatic nitrogens is 1. The molecule has 3 saturated heterocycles. The second kappa shape index (κ2) is 18.0. The molecule has 18 nitrogen and oxygen atoms in total. The molecule has 1 aromatic carbocycles. The van der Waals surface area contributed by atoms with Crippen LogP contribution in [0.5, 0.6) is 5.75 Å². The van der Waals surface area contributed by atoms with Gasteiger partial charge < -0.3 is 50.6 Å². The first-order valence-electron chi connectivity index (χ1n) is 20.2. The summed E-state index contributed by atoms with van der Waals surface area (Å²) in [6, 6.07) is -1.33. The first kappa shape index (κ1) is 42.1. The van der Waals surface area contributed by atoms with Crippen molar-refractivity contribution >= 4 is 41.4 Å². The molecule has 0 aliphatic carbocycles. The van der Waals surface area contributed by atoms with Crippen molar-refractivity contribution < 1.29 is 48.2 Å². The van der Waals surface area contributed by atoms with Crippen LogP contribution in [0.3, 0.4) is 0 Å². The molecule has 0 unspecified atom stereocenters. The van der Waals surface area contributed by atoms with Crippen molar-refractivity contribution in [2.75, 3.05) is 19.6 Å². The minimum Gasteiger partial charge on any atom is -0.508 e. The molecule has 4 aliphatic rings. The van der Waals surface area contributed by atoms with Gasteiger partial charge in [0.05, 0.1) is 6.10 Å². The third-order valence-electron chi connectivity index (χ3n) is 11.8. The lowest BCUT2D eigenvalue weighted by molar-refractivity contribution is -0.149. The number of benzene rings is 1. The highest BCUT2D eigenvalue weighted by Gasteiger charge is 2.46. The van der Waals surface area contributed by atoms with Crippen LogP contribution in [-0.2, 0) is 35.2 Å². The number of nitrogens with zero attached hydrogens (tertiary/aromatic N) is 4. The number of aliphatic hydroxyl groups is 1. The summed E-state index contributed by atoms with van der Waals surface area (Å²) in [5.41, 5.74) is 0.424. The Labute approximate surface area is 336 Å². The molecule has 58 heavy (non-hydrogen) atoms. The quantitative estimate of drug-likeness (QED) is 0.240. The van der Waals surface area contributed by atoms with E-state index in [9.17, 15) is 43.8 Å². The molecular formula is C40H54N8O10. The average molecular weight is 807 g/mol. The number of aromatic hydroxyl groups is 1. The first-order valence-corrected chi connectivity index (χ1v) is 20.2. The van der Waals surface area contributed by atoms with Gasteiger partial charge in [0.25, 0.3) is 5.91 Å². The predicted molar refractivity (Wildman–Crippen MR) is 205 cm³/mol. The zero-order chi connectivity index (χ0) is 41.8. The van der Waals surface area contributed by atoms with Crippen molar-refractivity contribution in [3.63, 3.8) is 0 Å². The number of amides is 7. The molecule has 2 aromatic rings. The molecule has 314 valence electrons. The Kier molecular flexibility index (Phi) is 13.0. The molecule has 7 amide bonds. The van der Waals surface area contributed by atoms with Crippen molar-refractivity contribution in [2.45, 2.75) is 127 Å². The molecule has 0 saturated carbocycles. The highest BCUT2D eigenvalue weighted by atomic mass is 16.3. The summed E-state index contributed by atoms with van der Waals surface area (Å²) in [5, 5.41) is 31.6. The third kappa shape index (κ3) is 8.95. The molecule has 18 heteroatoms. The zero-order valence-corrected chi connectivity index (χ0v) is 33.3. The summed E-state index contributed by atoms with van der Waals surface area (Å²) in [7, 11) is 0. The maximum Gasteiger partial charge on any atom is 0.273 e. The Morgan fingerprint density at radius 3 is 1.90 bits per heavy atom. The van der Waals surface area contributed by atoms with Gasteiger partial charge in [-0.05, 0) is 76.0 Å². The average Bonchev–Trinajstić information content (AvgIpc) is 4.04. The molecule has 1 aromatic heterocycles. The number of rotatable bonds is 5. The van der Waals surface area contributed by atoms with E-state index in [1.54, 1.807) is 26.0 Å². The van der Waals surface area contributed by atoms with Crippen molar-refractivity contribution in [1.82, 2.24) is 41.0 Å². The molecule has 3 fully saturated rings. The summed E-state index contributed by atoms with van der Waals surface area (Å²) in [4.78, 5) is 107. The van der Waals surface area contributed by atoms with Gasteiger partial charge in [0.15, 0.2) is 5.69 Å². The lowest BCUT2D eigenvalue weighted by Crippen LogP contribution is -2.62. The number of hydrogen-bond acceptors (Lipinski definition) is 11.